The molecule has 0 spiro atoms. The van der Waals surface area contributed by atoms with Crippen molar-refractivity contribution in [1.82, 2.24) is 9.29 Å². The van der Waals surface area contributed by atoms with E-state index in [0.29, 0.717) is 5.82 Å². The number of pyridine rings is 1. The molecule has 1 aromatic heterocycles. The second kappa shape index (κ2) is 6.49. The third-order valence-corrected chi connectivity index (χ3v) is 4.89. The number of ether oxygens (including phenoxy) is 1. The van der Waals surface area contributed by atoms with Crippen LogP contribution in [0.1, 0.15) is 6.92 Å². The lowest BCUT2D eigenvalue weighted by molar-refractivity contribution is -0.0304. The van der Waals surface area contributed by atoms with E-state index in [1.807, 2.05) is 6.92 Å². The zero-order valence-electron chi connectivity index (χ0n) is 11.3. The quantitative estimate of drug-likeness (QED) is 0.789. The number of hydrogen-bond acceptors (Lipinski definition) is 6. The van der Waals surface area contributed by atoms with Gasteiger partial charge in [-0.15, -0.1) is 0 Å². The van der Waals surface area contributed by atoms with E-state index in [1.54, 1.807) is 6.07 Å². The minimum absolute atomic E-state index is 0.151. The van der Waals surface area contributed by atoms with E-state index in [0.717, 1.165) is 6.54 Å². The van der Waals surface area contributed by atoms with Crippen LogP contribution in [0.2, 0.25) is 0 Å². The number of rotatable bonds is 5. The van der Waals surface area contributed by atoms with Crippen LogP contribution in [-0.2, 0) is 14.8 Å². The van der Waals surface area contributed by atoms with Crippen LogP contribution >= 0.6 is 0 Å². The Morgan fingerprint density at radius 1 is 1.55 bits per heavy atom. The van der Waals surface area contributed by atoms with Gasteiger partial charge in [0.05, 0.1) is 19.3 Å². The van der Waals surface area contributed by atoms with Gasteiger partial charge in [-0.05, 0) is 19.1 Å². The summed E-state index contributed by atoms with van der Waals surface area (Å²) >= 11 is 0. The number of nitrogens with one attached hydrogen (secondary N) is 1. The predicted molar refractivity (Wildman–Crippen MR) is 74.0 cm³/mol. The molecule has 0 radical (unpaired) electrons. The van der Waals surface area contributed by atoms with Crippen molar-refractivity contribution in [3.8, 4) is 0 Å². The number of aromatic nitrogens is 1. The van der Waals surface area contributed by atoms with Crippen molar-refractivity contribution < 1.29 is 18.3 Å². The van der Waals surface area contributed by atoms with Crippen LogP contribution in [0.3, 0.4) is 0 Å². The normalized spacial score (nSPS) is 20.8. The topological polar surface area (TPSA) is 91.8 Å². The van der Waals surface area contributed by atoms with E-state index in [-0.39, 0.29) is 31.2 Å². The molecule has 0 aromatic carbocycles. The van der Waals surface area contributed by atoms with Crippen LogP contribution in [0.5, 0.6) is 0 Å². The number of morpholine rings is 1. The van der Waals surface area contributed by atoms with Crippen LogP contribution in [-0.4, -0.2) is 61.8 Å². The van der Waals surface area contributed by atoms with Gasteiger partial charge in [0.2, 0.25) is 10.0 Å². The summed E-state index contributed by atoms with van der Waals surface area (Å²) in [7, 11) is -3.58. The van der Waals surface area contributed by atoms with Gasteiger partial charge in [0, 0.05) is 25.8 Å². The molecule has 1 unspecified atom stereocenters. The lowest BCUT2D eigenvalue weighted by atomic mass is 10.3. The summed E-state index contributed by atoms with van der Waals surface area (Å²) in [5.41, 5.74) is 0. The third kappa shape index (κ3) is 3.26. The maximum Gasteiger partial charge on any atom is 0.244 e. The highest BCUT2D eigenvalue weighted by molar-refractivity contribution is 7.89. The first-order valence-corrected chi connectivity index (χ1v) is 7.94. The third-order valence-electron chi connectivity index (χ3n) is 3.04. The molecule has 1 atom stereocenters. The van der Waals surface area contributed by atoms with Crippen LogP contribution in [0.25, 0.3) is 0 Å². The van der Waals surface area contributed by atoms with Crippen molar-refractivity contribution in [2.24, 2.45) is 0 Å². The minimum Gasteiger partial charge on any atom is -0.394 e. The molecule has 0 bridgehead atoms. The van der Waals surface area contributed by atoms with Gasteiger partial charge in [0.1, 0.15) is 10.7 Å². The second-order valence-corrected chi connectivity index (χ2v) is 6.39. The summed E-state index contributed by atoms with van der Waals surface area (Å²) in [4.78, 5) is 4.22. The molecule has 1 aliphatic rings. The molecule has 0 aliphatic carbocycles. The zero-order valence-corrected chi connectivity index (χ0v) is 12.1. The summed E-state index contributed by atoms with van der Waals surface area (Å²) in [6.45, 7) is 3.20. The van der Waals surface area contributed by atoms with Crippen LogP contribution in [0.15, 0.2) is 23.2 Å². The molecule has 1 fully saturated rings. The molecule has 2 heterocycles. The molecule has 2 N–H and O–H groups in total. The highest BCUT2D eigenvalue weighted by Crippen LogP contribution is 2.19. The van der Waals surface area contributed by atoms with E-state index >= 15 is 0 Å². The fraction of sp³-hybridized carbons (Fsp3) is 0.583. The number of aliphatic hydroxyl groups is 1. The van der Waals surface area contributed by atoms with Crippen molar-refractivity contribution in [3.63, 3.8) is 0 Å². The highest BCUT2D eigenvalue weighted by atomic mass is 32.2. The summed E-state index contributed by atoms with van der Waals surface area (Å²) in [6, 6.07) is 3.17. The summed E-state index contributed by atoms with van der Waals surface area (Å²) in [5, 5.41) is 12.1. The van der Waals surface area contributed by atoms with Crippen molar-refractivity contribution in [2.75, 3.05) is 38.2 Å². The van der Waals surface area contributed by atoms with Gasteiger partial charge >= 0.3 is 0 Å². The largest absolute Gasteiger partial charge is 0.394 e. The summed E-state index contributed by atoms with van der Waals surface area (Å²) in [6.07, 6.45) is 0.879. The van der Waals surface area contributed by atoms with E-state index < -0.39 is 16.1 Å². The van der Waals surface area contributed by atoms with Gasteiger partial charge in [-0.25, -0.2) is 13.4 Å². The van der Waals surface area contributed by atoms with Crippen LogP contribution in [0.4, 0.5) is 5.82 Å². The van der Waals surface area contributed by atoms with Crippen molar-refractivity contribution in [3.05, 3.63) is 18.3 Å². The van der Waals surface area contributed by atoms with Gasteiger partial charge in [0.25, 0.3) is 0 Å². The molecule has 1 saturated heterocycles. The van der Waals surface area contributed by atoms with E-state index in [2.05, 4.69) is 10.3 Å². The molecule has 8 heteroatoms. The summed E-state index contributed by atoms with van der Waals surface area (Å²) in [5.74, 6) is 0.640. The molecule has 1 aliphatic heterocycles. The molecule has 0 saturated carbocycles. The van der Waals surface area contributed by atoms with Gasteiger partial charge in [-0.2, -0.15) is 4.31 Å². The maximum atomic E-state index is 12.4. The zero-order chi connectivity index (χ0) is 14.6. The molecule has 112 valence electrons. The van der Waals surface area contributed by atoms with Gasteiger partial charge in [0.15, 0.2) is 0 Å². The Labute approximate surface area is 118 Å². The Bertz CT molecular complexity index is 532. The molecule has 1 aromatic rings. The Morgan fingerprint density at radius 2 is 2.35 bits per heavy atom. The highest BCUT2D eigenvalue weighted by Gasteiger charge is 2.30. The standard InChI is InChI=1S/C12H19N3O4S/c1-2-13-12-4-3-11(7-14-12)20(17,18)15-5-6-19-10(8-15)9-16/h3-4,7,10,16H,2,5-6,8-9H2,1H3,(H,13,14). The summed E-state index contributed by atoms with van der Waals surface area (Å²) < 4.78 is 31.5. The number of anilines is 1. The minimum atomic E-state index is -3.58. The van der Waals surface area contributed by atoms with Crippen molar-refractivity contribution in [2.45, 2.75) is 17.9 Å². The lowest BCUT2D eigenvalue weighted by Gasteiger charge is -2.31. The lowest BCUT2D eigenvalue weighted by Crippen LogP contribution is -2.46. The number of nitrogens with zero attached hydrogens (tertiary/aromatic N) is 2. The average Bonchev–Trinajstić information content (AvgIpc) is 2.48. The Balaban J connectivity index is 2.16. The van der Waals surface area contributed by atoms with E-state index in [4.69, 9.17) is 9.84 Å². The molecule has 7 nitrogen and oxygen atoms in total. The first-order chi connectivity index (χ1) is 9.57. The number of sulfonamides is 1. The van der Waals surface area contributed by atoms with Crippen LogP contribution in [0, 0.1) is 0 Å². The second-order valence-electron chi connectivity index (χ2n) is 4.45. The van der Waals surface area contributed by atoms with E-state index in [9.17, 15) is 8.42 Å². The molecular formula is C12H19N3O4S. The van der Waals surface area contributed by atoms with E-state index in [1.165, 1.54) is 16.6 Å². The first-order valence-electron chi connectivity index (χ1n) is 6.50. The van der Waals surface area contributed by atoms with Crippen molar-refractivity contribution in [1.29, 1.82) is 0 Å². The Morgan fingerprint density at radius 3 is 2.95 bits per heavy atom. The average molecular weight is 301 g/mol. The predicted octanol–water partition coefficient (Wildman–Crippen LogP) is -0.105. The van der Waals surface area contributed by atoms with Crippen molar-refractivity contribution >= 4 is 15.8 Å². The van der Waals surface area contributed by atoms with Gasteiger partial charge < -0.3 is 15.2 Å². The molecule has 20 heavy (non-hydrogen) atoms. The molecule has 0 amide bonds. The maximum absolute atomic E-state index is 12.4. The molecule has 2 rings (SSSR count). The number of aliphatic hydroxyl groups excluding tert-OH is 1. The number of hydrogen-bond donors (Lipinski definition) is 2. The SMILES string of the molecule is CCNc1ccc(S(=O)(=O)N2CCOC(CO)C2)cn1. The monoisotopic (exact) mass is 301 g/mol. The Hall–Kier alpha value is -1.22. The smallest absolute Gasteiger partial charge is 0.244 e. The van der Waals surface area contributed by atoms with Gasteiger partial charge in [-0.3, -0.25) is 0 Å². The fourth-order valence-corrected chi connectivity index (χ4v) is 3.39. The van der Waals surface area contributed by atoms with Gasteiger partial charge in [-0.1, -0.05) is 0 Å². The van der Waals surface area contributed by atoms with Crippen LogP contribution < -0.4 is 5.32 Å². The molecular weight excluding hydrogens is 282 g/mol. The fourth-order valence-electron chi connectivity index (χ4n) is 1.99. The first kappa shape index (κ1) is 15.2. The Kier molecular flexibility index (Phi) is 4.92.